The van der Waals surface area contributed by atoms with Gasteiger partial charge in [-0.3, -0.25) is 0 Å². The zero-order chi connectivity index (χ0) is 11.2. The number of rotatable bonds is 1. The second-order valence-corrected chi connectivity index (χ2v) is 5.14. The standard InChI is InChI=1S/C12H17N3O/c1-12(16)5-6-15(7-12)11-9-3-2-4-10(9)13-8-14-11/h8,16H,2-7H2,1H3. The largest absolute Gasteiger partial charge is 0.388 e. The van der Waals surface area contributed by atoms with E-state index in [9.17, 15) is 5.11 Å². The quantitative estimate of drug-likeness (QED) is 0.763. The Labute approximate surface area is 95.3 Å². The molecule has 16 heavy (non-hydrogen) atoms. The van der Waals surface area contributed by atoms with Gasteiger partial charge < -0.3 is 10.0 Å². The number of aliphatic hydroxyl groups is 1. The van der Waals surface area contributed by atoms with E-state index in [0.29, 0.717) is 6.54 Å². The molecule has 1 aromatic rings. The van der Waals surface area contributed by atoms with Gasteiger partial charge >= 0.3 is 0 Å². The highest BCUT2D eigenvalue weighted by atomic mass is 16.3. The molecule has 0 spiro atoms. The number of aryl methyl sites for hydroxylation is 1. The maximum absolute atomic E-state index is 9.99. The van der Waals surface area contributed by atoms with Crippen molar-refractivity contribution in [2.75, 3.05) is 18.0 Å². The van der Waals surface area contributed by atoms with Crippen LogP contribution in [0, 0.1) is 0 Å². The van der Waals surface area contributed by atoms with Gasteiger partial charge in [0.1, 0.15) is 12.1 Å². The molecule has 0 radical (unpaired) electrons. The van der Waals surface area contributed by atoms with Crippen molar-refractivity contribution in [1.82, 2.24) is 9.97 Å². The third-order valence-electron chi connectivity index (χ3n) is 3.60. The van der Waals surface area contributed by atoms with Crippen molar-refractivity contribution in [3.05, 3.63) is 17.6 Å². The van der Waals surface area contributed by atoms with Gasteiger partial charge in [-0.15, -0.1) is 0 Å². The molecule has 1 unspecified atom stereocenters. The lowest BCUT2D eigenvalue weighted by Crippen LogP contribution is -2.30. The van der Waals surface area contributed by atoms with Crippen LogP contribution >= 0.6 is 0 Å². The summed E-state index contributed by atoms with van der Waals surface area (Å²) in [7, 11) is 0. The molecule has 1 aliphatic heterocycles. The van der Waals surface area contributed by atoms with Gasteiger partial charge in [-0.1, -0.05) is 0 Å². The zero-order valence-electron chi connectivity index (χ0n) is 9.61. The van der Waals surface area contributed by atoms with E-state index in [1.165, 1.54) is 17.7 Å². The number of nitrogens with zero attached hydrogens (tertiary/aromatic N) is 3. The van der Waals surface area contributed by atoms with E-state index in [-0.39, 0.29) is 0 Å². The van der Waals surface area contributed by atoms with Crippen molar-refractivity contribution in [3.8, 4) is 0 Å². The van der Waals surface area contributed by atoms with Crippen molar-refractivity contribution in [3.63, 3.8) is 0 Å². The molecule has 1 aliphatic carbocycles. The van der Waals surface area contributed by atoms with Crippen molar-refractivity contribution in [1.29, 1.82) is 0 Å². The molecule has 0 bridgehead atoms. The van der Waals surface area contributed by atoms with Crippen LogP contribution in [0.3, 0.4) is 0 Å². The number of β-amino-alcohol motifs (C(OH)–C–C–N with tert-alkyl or cyclic N) is 1. The Kier molecular flexibility index (Phi) is 2.14. The van der Waals surface area contributed by atoms with E-state index in [2.05, 4.69) is 14.9 Å². The highest BCUT2D eigenvalue weighted by Gasteiger charge is 2.33. The molecule has 0 amide bonds. The smallest absolute Gasteiger partial charge is 0.135 e. The molecule has 1 N–H and O–H groups in total. The summed E-state index contributed by atoms with van der Waals surface area (Å²) in [6, 6.07) is 0. The van der Waals surface area contributed by atoms with Gasteiger partial charge in [-0.25, -0.2) is 9.97 Å². The summed E-state index contributed by atoms with van der Waals surface area (Å²) in [5.41, 5.74) is 1.95. The summed E-state index contributed by atoms with van der Waals surface area (Å²) in [6.45, 7) is 3.49. The number of aromatic nitrogens is 2. The van der Waals surface area contributed by atoms with Crippen LogP contribution in [0.1, 0.15) is 31.0 Å². The van der Waals surface area contributed by atoms with Gasteiger partial charge in [-0.05, 0) is 32.6 Å². The Morgan fingerprint density at radius 1 is 1.38 bits per heavy atom. The number of anilines is 1. The molecular weight excluding hydrogens is 202 g/mol. The zero-order valence-corrected chi connectivity index (χ0v) is 9.61. The summed E-state index contributed by atoms with van der Waals surface area (Å²) < 4.78 is 0. The Morgan fingerprint density at radius 3 is 3.00 bits per heavy atom. The molecule has 1 fully saturated rings. The van der Waals surface area contributed by atoms with E-state index in [1.807, 2.05) is 6.92 Å². The number of hydrogen-bond acceptors (Lipinski definition) is 4. The van der Waals surface area contributed by atoms with Crippen molar-refractivity contribution in [2.24, 2.45) is 0 Å². The Bertz CT molecular complexity index is 417. The highest BCUT2D eigenvalue weighted by Crippen LogP contribution is 2.32. The van der Waals surface area contributed by atoms with Gasteiger partial charge in [-0.2, -0.15) is 0 Å². The summed E-state index contributed by atoms with van der Waals surface area (Å²) in [5, 5.41) is 9.99. The monoisotopic (exact) mass is 219 g/mol. The molecule has 0 aromatic carbocycles. The van der Waals surface area contributed by atoms with Gasteiger partial charge in [0.15, 0.2) is 0 Å². The molecule has 1 atom stereocenters. The number of fused-ring (bicyclic) bond motifs is 1. The van der Waals surface area contributed by atoms with Crippen LogP contribution in [-0.2, 0) is 12.8 Å². The van der Waals surface area contributed by atoms with E-state index in [0.717, 1.165) is 31.6 Å². The number of hydrogen-bond donors (Lipinski definition) is 1. The highest BCUT2D eigenvalue weighted by molar-refractivity contribution is 5.51. The van der Waals surface area contributed by atoms with E-state index < -0.39 is 5.60 Å². The molecular formula is C12H17N3O. The second kappa shape index (κ2) is 3.42. The van der Waals surface area contributed by atoms with Crippen LogP contribution in [0.2, 0.25) is 0 Å². The molecule has 2 aliphatic rings. The minimum atomic E-state index is -0.559. The molecule has 3 rings (SSSR count). The Morgan fingerprint density at radius 2 is 2.25 bits per heavy atom. The fourth-order valence-corrected chi connectivity index (χ4v) is 2.74. The SMILES string of the molecule is CC1(O)CCN(c2ncnc3c2CCC3)C1. The first-order chi connectivity index (χ1) is 7.66. The molecule has 2 heterocycles. The Hall–Kier alpha value is -1.16. The molecule has 1 aromatic heterocycles. The summed E-state index contributed by atoms with van der Waals surface area (Å²) in [5.74, 6) is 1.06. The van der Waals surface area contributed by atoms with Crippen LogP contribution in [-0.4, -0.2) is 33.8 Å². The topological polar surface area (TPSA) is 49.2 Å². The summed E-state index contributed by atoms with van der Waals surface area (Å²) >= 11 is 0. The lowest BCUT2D eigenvalue weighted by molar-refractivity contribution is 0.0839. The average Bonchev–Trinajstić information content (AvgIpc) is 2.83. The minimum Gasteiger partial charge on any atom is -0.388 e. The Balaban J connectivity index is 1.93. The van der Waals surface area contributed by atoms with Crippen LogP contribution in [0.4, 0.5) is 5.82 Å². The fourth-order valence-electron chi connectivity index (χ4n) is 2.74. The third kappa shape index (κ3) is 1.57. The predicted molar refractivity (Wildman–Crippen MR) is 61.5 cm³/mol. The second-order valence-electron chi connectivity index (χ2n) is 5.14. The first-order valence-electron chi connectivity index (χ1n) is 5.96. The fraction of sp³-hybridized carbons (Fsp3) is 0.667. The summed E-state index contributed by atoms with van der Waals surface area (Å²) in [4.78, 5) is 10.9. The van der Waals surface area contributed by atoms with Gasteiger partial charge in [0, 0.05) is 24.3 Å². The normalized spacial score (nSPS) is 28.5. The van der Waals surface area contributed by atoms with E-state index >= 15 is 0 Å². The van der Waals surface area contributed by atoms with E-state index in [4.69, 9.17) is 0 Å². The van der Waals surface area contributed by atoms with Crippen molar-refractivity contribution >= 4 is 5.82 Å². The first-order valence-corrected chi connectivity index (χ1v) is 5.96. The van der Waals surface area contributed by atoms with Crippen LogP contribution in [0.5, 0.6) is 0 Å². The molecule has 86 valence electrons. The molecule has 1 saturated heterocycles. The molecule has 0 saturated carbocycles. The van der Waals surface area contributed by atoms with E-state index in [1.54, 1.807) is 6.33 Å². The van der Waals surface area contributed by atoms with Gasteiger partial charge in [0.25, 0.3) is 0 Å². The lowest BCUT2D eigenvalue weighted by atomic mass is 10.1. The van der Waals surface area contributed by atoms with Crippen LogP contribution in [0.15, 0.2) is 6.33 Å². The average molecular weight is 219 g/mol. The maximum atomic E-state index is 9.99. The van der Waals surface area contributed by atoms with Crippen molar-refractivity contribution in [2.45, 2.75) is 38.2 Å². The first kappa shape index (κ1) is 10.0. The maximum Gasteiger partial charge on any atom is 0.135 e. The van der Waals surface area contributed by atoms with Gasteiger partial charge in [0.2, 0.25) is 0 Å². The van der Waals surface area contributed by atoms with Crippen LogP contribution in [0.25, 0.3) is 0 Å². The minimum absolute atomic E-state index is 0.559. The molecule has 4 heteroatoms. The van der Waals surface area contributed by atoms with Gasteiger partial charge in [0.05, 0.1) is 5.60 Å². The summed E-state index contributed by atoms with van der Waals surface area (Å²) in [6.07, 6.45) is 5.84. The third-order valence-corrected chi connectivity index (χ3v) is 3.60. The predicted octanol–water partition coefficient (Wildman–Crippen LogP) is 0.926. The van der Waals surface area contributed by atoms with Crippen LogP contribution < -0.4 is 4.90 Å². The van der Waals surface area contributed by atoms with Crippen molar-refractivity contribution < 1.29 is 5.11 Å². The lowest BCUT2D eigenvalue weighted by Gasteiger charge is -2.21. The molecule has 4 nitrogen and oxygen atoms in total.